The second-order valence-corrected chi connectivity index (χ2v) is 6.65. The molecule has 1 unspecified atom stereocenters. The molecule has 1 aliphatic carbocycles. The number of nitrogens with two attached hydrogens (primary N) is 1. The highest BCUT2D eigenvalue weighted by molar-refractivity contribution is 7.12. The molecule has 0 radical (unpaired) electrons. The Balaban J connectivity index is 1.98. The molecule has 0 bridgehead atoms. The lowest BCUT2D eigenvalue weighted by atomic mass is 10.1. The first-order valence-corrected chi connectivity index (χ1v) is 7.54. The van der Waals surface area contributed by atoms with Gasteiger partial charge in [0.1, 0.15) is 0 Å². The van der Waals surface area contributed by atoms with Crippen molar-refractivity contribution in [2.24, 2.45) is 10.7 Å². The lowest BCUT2D eigenvalue weighted by Gasteiger charge is -2.15. The van der Waals surface area contributed by atoms with E-state index in [1.807, 2.05) is 11.3 Å². The van der Waals surface area contributed by atoms with Crippen LogP contribution in [0.25, 0.3) is 0 Å². The molecule has 0 saturated heterocycles. The molecule has 1 heterocycles. The van der Waals surface area contributed by atoms with Crippen molar-refractivity contribution in [3.05, 3.63) is 21.4 Å². The molecule has 1 atom stereocenters. The molecule has 0 spiro atoms. The van der Waals surface area contributed by atoms with Gasteiger partial charge in [0, 0.05) is 9.75 Å². The monoisotopic (exact) mass is 265 g/mol. The summed E-state index contributed by atoms with van der Waals surface area (Å²) in [5, 5.41) is 3.31. The number of aliphatic imine (C=N–C) groups is 1. The van der Waals surface area contributed by atoms with E-state index < -0.39 is 0 Å². The molecule has 0 amide bonds. The van der Waals surface area contributed by atoms with Crippen molar-refractivity contribution in [2.45, 2.75) is 58.5 Å². The standard InChI is InChI=1S/C14H23N3S/c1-9-8-13(11(3)18-9)10(2)16-14(15)17-12-6-4-5-7-12/h8,10,12H,4-7H2,1-3H3,(H3,15,16,17). The lowest BCUT2D eigenvalue weighted by Crippen LogP contribution is -2.34. The largest absolute Gasteiger partial charge is 0.370 e. The van der Waals surface area contributed by atoms with E-state index in [0.717, 1.165) is 0 Å². The Hall–Kier alpha value is -1.03. The van der Waals surface area contributed by atoms with Gasteiger partial charge < -0.3 is 11.1 Å². The van der Waals surface area contributed by atoms with Crippen molar-refractivity contribution in [1.29, 1.82) is 0 Å². The Morgan fingerprint density at radius 3 is 2.67 bits per heavy atom. The Morgan fingerprint density at radius 1 is 1.44 bits per heavy atom. The van der Waals surface area contributed by atoms with Crippen LogP contribution in [-0.4, -0.2) is 12.0 Å². The van der Waals surface area contributed by atoms with E-state index in [1.54, 1.807) is 0 Å². The third-order valence-corrected chi connectivity index (χ3v) is 4.54. The fraction of sp³-hybridized carbons (Fsp3) is 0.643. The van der Waals surface area contributed by atoms with Gasteiger partial charge >= 0.3 is 0 Å². The minimum atomic E-state index is 0.236. The van der Waals surface area contributed by atoms with Crippen molar-refractivity contribution in [3.8, 4) is 0 Å². The van der Waals surface area contributed by atoms with E-state index in [2.05, 4.69) is 37.1 Å². The molecular formula is C14H23N3S. The van der Waals surface area contributed by atoms with Gasteiger partial charge in [-0.05, 0) is 45.2 Å². The van der Waals surface area contributed by atoms with Crippen LogP contribution in [0.5, 0.6) is 0 Å². The van der Waals surface area contributed by atoms with Gasteiger partial charge in [0.25, 0.3) is 0 Å². The lowest BCUT2D eigenvalue weighted by molar-refractivity contribution is 0.669. The molecule has 100 valence electrons. The zero-order valence-corrected chi connectivity index (χ0v) is 12.3. The number of guanidine groups is 1. The Kier molecular flexibility index (Phi) is 4.27. The molecule has 3 nitrogen and oxygen atoms in total. The van der Waals surface area contributed by atoms with E-state index in [9.17, 15) is 0 Å². The van der Waals surface area contributed by atoms with Crippen molar-refractivity contribution in [1.82, 2.24) is 5.32 Å². The van der Waals surface area contributed by atoms with Gasteiger partial charge in [0.2, 0.25) is 0 Å². The second kappa shape index (κ2) is 5.74. The van der Waals surface area contributed by atoms with Crippen LogP contribution in [0.3, 0.4) is 0 Å². The average molecular weight is 265 g/mol. The molecule has 0 aliphatic heterocycles. The highest BCUT2D eigenvalue weighted by Gasteiger charge is 2.15. The van der Waals surface area contributed by atoms with Crippen LogP contribution >= 0.6 is 11.3 Å². The highest BCUT2D eigenvalue weighted by Crippen LogP contribution is 2.26. The summed E-state index contributed by atoms with van der Waals surface area (Å²) in [7, 11) is 0. The minimum absolute atomic E-state index is 0.236. The number of nitrogens with zero attached hydrogens (tertiary/aromatic N) is 1. The molecule has 2 rings (SSSR count). The SMILES string of the molecule is Cc1cc(C(C)NC(N)=NC2CCCC2)c(C)s1. The first-order chi connectivity index (χ1) is 8.56. The van der Waals surface area contributed by atoms with Crippen molar-refractivity contribution < 1.29 is 0 Å². The molecule has 1 aliphatic rings. The van der Waals surface area contributed by atoms with Crippen molar-refractivity contribution in [2.75, 3.05) is 0 Å². The van der Waals surface area contributed by atoms with Crippen LogP contribution in [0.4, 0.5) is 0 Å². The maximum Gasteiger partial charge on any atom is 0.189 e. The van der Waals surface area contributed by atoms with Crippen LogP contribution in [0, 0.1) is 13.8 Å². The first kappa shape index (κ1) is 13.4. The summed E-state index contributed by atoms with van der Waals surface area (Å²) in [5.74, 6) is 0.595. The topological polar surface area (TPSA) is 50.4 Å². The number of hydrogen-bond donors (Lipinski definition) is 2. The van der Waals surface area contributed by atoms with Crippen LogP contribution in [0.2, 0.25) is 0 Å². The minimum Gasteiger partial charge on any atom is -0.370 e. The van der Waals surface area contributed by atoms with Gasteiger partial charge in [-0.25, -0.2) is 0 Å². The van der Waals surface area contributed by atoms with Gasteiger partial charge in [0.05, 0.1) is 12.1 Å². The zero-order chi connectivity index (χ0) is 13.1. The molecular weight excluding hydrogens is 242 g/mol. The van der Waals surface area contributed by atoms with Gasteiger partial charge in [0.15, 0.2) is 5.96 Å². The molecule has 1 aromatic heterocycles. The number of nitrogens with one attached hydrogen (secondary N) is 1. The fourth-order valence-corrected chi connectivity index (χ4v) is 3.67. The summed E-state index contributed by atoms with van der Waals surface area (Å²) < 4.78 is 0. The van der Waals surface area contributed by atoms with Gasteiger partial charge in [-0.3, -0.25) is 4.99 Å². The highest BCUT2D eigenvalue weighted by atomic mass is 32.1. The fourth-order valence-electron chi connectivity index (χ4n) is 2.65. The normalized spacial score (nSPS) is 19.2. The van der Waals surface area contributed by atoms with Crippen LogP contribution in [-0.2, 0) is 0 Å². The maximum absolute atomic E-state index is 5.99. The van der Waals surface area contributed by atoms with E-state index >= 15 is 0 Å². The number of aryl methyl sites for hydroxylation is 2. The van der Waals surface area contributed by atoms with Gasteiger partial charge in [-0.2, -0.15) is 0 Å². The Morgan fingerprint density at radius 2 is 2.11 bits per heavy atom. The summed E-state index contributed by atoms with van der Waals surface area (Å²) in [5.41, 5.74) is 7.33. The summed E-state index contributed by atoms with van der Waals surface area (Å²) in [4.78, 5) is 7.28. The Bertz CT molecular complexity index is 430. The molecule has 18 heavy (non-hydrogen) atoms. The average Bonchev–Trinajstić information content (AvgIpc) is 2.88. The predicted octanol–water partition coefficient (Wildman–Crippen LogP) is 3.27. The third-order valence-electron chi connectivity index (χ3n) is 3.56. The number of thiophene rings is 1. The smallest absolute Gasteiger partial charge is 0.189 e. The molecule has 0 aromatic carbocycles. The van der Waals surface area contributed by atoms with E-state index in [0.29, 0.717) is 12.0 Å². The van der Waals surface area contributed by atoms with Crippen molar-refractivity contribution >= 4 is 17.3 Å². The third kappa shape index (κ3) is 3.25. The zero-order valence-electron chi connectivity index (χ0n) is 11.5. The summed E-state index contributed by atoms with van der Waals surface area (Å²) in [6, 6.07) is 2.91. The van der Waals surface area contributed by atoms with E-state index in [1.165, 1.54) is 41.0 Å². The molecule has 1 aromatic rings. The quantitative estimate of drug-likeness (QED) is 0.651. The molecule has 1 fully saturated rings. The van der Waals surface area contributed by atoms with Crippen LogP contribution in [0.15, 0.2) is 11.1 Å². The van der Waals surface area contributed by atoms with E-state index in [4.69, 9.17) is 5.73 Å². The van der Waals surface area contributed by atoms with Gasteiger partial charge in [-0.1, -0.05) is 12.8 Å². The van der Waals surface area contributed by atoms with E-state index in [-0.39, 0.29) is 6.04 Å². The van der Waals surface area contributed by atoms with Gasteiger partial charge in [-0.15, -0.1) is 11.3 Å². The molecule has 3 N–H and O–H groups in total. The molecule has 1 saturated carbocycles. The first-order valence-electron chi connectivity index (χ1n) is 6.73. The second-order valence-electron chi connectivity index (χ2n) is 5.19. The Labute approximate surface area is 114 Å². The van der Waals surface area contributed by atoms with Crippen LogP contribution < -0.4 is 11.1 Å². The number of rotatable bonds is 3. The summed E-state index contributed by atoms with van der Waals surface area (Å²) >= 11 is 1.84. The van der Waals surface area contributed by atoms with Crippen LogP contribution in [0.1, 0.15) is 54.0 Å². The summed E-state index contributed by atoms with van der Waals surface area (Å²) in [6.45, 7) is 6.45. The molecule has 4 heteroatoms. The number of hydrogen-bond acceptors (Lipinski definition) is 2. The summed E-state index contributed by atoms with van der Waals surface area (Å²) in [6.07, 6.45) is 4.96. The maximum atomic E-state index is 5.99. The van der Waals surface area contributed by atoms with Crippen molar-refractivity contribution in [3.63, 3.8) is 0 Å². The predicted molar refractivity (Wildman–Crippen MR) is 79.2 cm³/mol.